The van der Waals surface area contributed by atoms with Gasteiger partial charge in [0.1, 0.15) is 18.5 Å². The van der Waals surface area contributed by atoms with E-state index in [4.69, 9.17) is 9.84 Å². The molecule has 1 aliphatic heterocycles. The van der Waals surface area contributed by atoms with Crippen LogP contribution in [0.2, 0.25) is 0 Å². The van der Waals surface area contributed by atoms with Gasteiger partial charge in [0, 0.05) is 19.7 Å². The fourth-order valence-corrected chi connectivity index (χ4v) is 2.78. The molecule has 4 heteroatoms. The number of aliphatic hydroxyl groups is 2. The molecule has 0 bridgehead atoms. The number of aryl methyl sites for hydroxylation is 2. The molecule has 0 amide bonds. The summed E-state index contributed by atoms with van der Waals surface area (Å²) in [6.45, 7) is 7.02. The summed E-state index contributed by atoms with van der Waals surface area (Å²) >= 11 is 0. The van der Waals surface area contributed by atoms with E-state index in [0.717, 1.165) is 36.4 Å². The zero-order valence-corrected chi connectivity index (χ0v) is 12.4. The fourth-order valence-electron chi connectivity index (χ4n) is 2.78. The Labute approximate surface area is 121 Å². The number of nitrogens with zero attached hydrogens (tertiary/aromatic N) is 1. The first-order chi connectivity index (χ1) is 9.60. The maximum absolute atomic E-state index is 10.1. The van der Waals surface area contributed by atoms with Crippen LogP contribution in [0, 0.1) is 19.8 Å². The van der Waals surface area contributed by atoms with Gasteiger partial charge in [0.15, 0.2) is 0 Å². The average Bonchev–Trinajstić information content (AvgIpc) is 2.86. The lowest BCUT2D eigenvalue weighted by atomic mass is 10.1. The first-order valence-electron chi connectivity index (χ1n) is 7.30. The van der Waals surface area contributed by atoms with Gasteiger partial charge in [-0.1, -0.05) is 18.2 Å². The van der Waals surface area contributed by atoms with Crippen LogP contribution in [0.1, 0.15) is 17.5 Å². The summed E-state index contributed by atoms with van der Waals surface area (Å²) in [5, 5.41) is 19.2. The van der Waals surface area contributed by atoms with Crippen molar-refractivity contribution in [1.29, 1.82) is 0 Å². The van der Waals surface area contributed by atoms with E-state index >= 15 is 0 Å². The second-order valence-electron chi connectivity index (χ2n) is 5.78. The highest BCUT2D eigenvalue weighted by Gasteiger charge is 2.23. The average molecular weight is 279 g/mol. The molecule has 0 aliphatic carbocycles. The van der Waals surface area contributed by atoms with Gasteiger partial charge in [0.25, 0.3) is 0 Å². The number of β-amino-alcohol motifs (C(OH)–C–C–N with tert-alkyl or cyclic N) is 1. The molecule has 2 N–H and O–H groups in total. The predicted molar refractivity (Wildman–Crippen MR) is 79.1 cm³/mol. The summed E-state index contributed by atoms with van der Waals surface area (Å²) in [4.78, 5) is 2.19. The molecule has 1 aromatic rings. The maximum Gasteiger partial charge on any atom is 0.125 e. The smallest absolute Gasteiger partial charge is 0.125 e. The minimum atomic E-state index is -0.494. The van der Waals surface area contributed by atoms with E-state index in [-0.39, 0.29) is 6.61 Å². The Balaban J connectivity index is 1.79. The molecule has 2 rings (SSSR count). The van der Waals surface area contributed by atoms with Crippen LogP contribution in [-0.4, -0.2) is 54.1 Å². The van der Waals surface area contributed by atoms with Gasteiger partial charge < -0.3 is 19.8 Å². The second kappa shape index (κ2) is 7.07. The van der Waals surface area contributed by atoms with E-state index < -0.39 is 6.10 Å². The fraction of sp³-hybridized carbons (Fsp3) is 0.625. The Bertz CT molecular complexity index is 415. The van der Waals surface area contributed by atoms with Crippen molar-refractivity contribution in [3.8, 4) is 5.75 Å². The lowest BCUT2D eigenvalue weighted by Gasteiger charge is -2.21. The van der Waals surface area contributed by atoms with Crippen LogP contribution in [0.4, 0.5) is 0 Å². The topological polar surface area (TPSA) is 52.9 Å². The molecule has 0 saturated carbocycles. The van der Waals surface area contributed by atoms with Gasteiger partial charge in [0.05, 0.1) is 0 Å². The number of benzene rings is 1. The van der Waals surface area contributed by atoms with Crippen molar-refractivity contribution in [2.24, 2.45) is 5.92 Å². The first-order valence-corrected chi connectivity index (χ1v) is 7.30. The van der Waals surface area contributed by atoms with Crippen LogP contribution >= 0.6 is 0 Å². The van der Waals surface area contributed by atoms with Gasteiger partial charge >= 0.3 is 0 Å². The Morgan fingerprint density at radius 1 is 1.35 bits per heavy atom. The molecule has 2 unspecified atom stereocenters. The van der Waals surface area contributed by atoms with Crippen molar-refractivity contribution < 1.29 is 14.9 Å². The molecular weight excluding hydrogens is 254 g/mol. The summed E-state index contributed by atoms with van der Waals surface area (Å²) in [5.74, 6) is 1.24. The third-order valence-electron chi connectivity index (χ3n) is 3.93. The number of likely N-dealkylation sites (tertiary alicyclic amines) is 1. The normalized spacial score (nSPS) is 21.1. The molecule has 1 aliphatic rings. The Kier molecular flexibility index (Phi) is 5.40. The van der Waals surface area contributed by atoms with E-state index in [1.54, 1.807) is 0 Å². The number of rotatable bonds is 6. The third kappa shape index (κ3) is 3.95. The molecule has 4 nitrogen and oxygen atoms in total. The van der Waals surface area contributed by atoms with E-state index in [1.165, 1.54) is 0 Å². The minimum Gasteiger partial charge on any atom is -0.490 e. The van der Waals surface area contributed by atoms with E-state index in [9.17, 15) is 5.11 Å². The van der Waals surface area contributed by atoms with E-state index in [0.29, 0.717) is 19.1 Å². The molecule has 0 aromatic heterocycles. The van der Waals surface area contributed by atoms with Crippen molar-refractivity contribution in [1.82, 2.24) is 4.90 Å². The van der Waals surface area contributed by atoms with Crippen LogP contribution in [0.5, 0.6) is 5.75 Å². The molecule has 1 fully saturated rings. The van der Waals surface area contributed by atoms with Crippen molar-refractivity contribution in [2.45, 2.75) is 26.4 Å². The molecular formula is C16H25NO3. The van der Waals surface area contributed by atoms with Crippen molar-refractivity contribution in [3.63, 3.8) is 0 Å². The summed E-state index contributed by atoms with van der Waals surface area (Å²) in [6, 6.07) is 6.04. The minimum absolute atomic E-state index is 0.242. The van der Waals surface area contributed by atoms with Crippen molar-refractivity contribution in [3.05, 3.63) is 29.3 Å². The third-order valence-corrected chi connectivity index (χ3v) is 3.93. The van der Waals surface area contributed by atoms with Crippen LogP contribution in [-0.2, 0) is 0 Å². The van der Waals surface area contributed by atoms with E-state index in [1.807, 2.05) is 32.0 Å². The monoisotopic (exact) mass is 279 g/mol. The quantitative estimate of drug-likeness (QED) is 0.825. The summed E-state index contributed by atoms with van der Waals surface area (Å²) in [5.41, 5.74) is 2.19. The van der Waals surface area contributed by atoms with Crippen molar-refractivity contribution >= 4 is 0 Å². The zero-order chi connectivity index (χ0) is 14.5. The number of para-hydroxylation sites is 1. The maximum atomic E-state index is 10.1. The van der Waals surface area contributed by atoms with Crippen molar-refractivity contribution in [2.75, 3.05) is 32.8 Å². The molecule has 0 radical (unpaired) electrons. The van der Waals surface area contributed by atoms with Crippen LogP contribution in [0.25, 0.3) is 0 Å². The molecule has 20 heavy (non-hydrogen) atoms. The van der Waals surface area contributed by atoms with Crippen LogP contribution < -0.4 is 4.74 Å². The van der Waals surface area contributed by atoms with Crippen LogP contribution in [0.3, 0.4) is 0 Å². The number of aliphatic hydroxyl groups excluding tert-OH is 2. The Hall–Kier alpha value is -1.10. The lowest BCUT2D eigenvalue weighted by molar-refractivity contribution is 0.0730. The first kappa shape index (κ1) is 15.3. The number of hydrogen-bond donors (Lipinski definition) is 2. The highest BCUT2D eigenvalue weighted by atomic mass is 16.5. The van der Waals surface area contributed by atoms with Gasteiger partial charge in [0.2, 0.25) is 0 Å². The Morgan fingerprint density at radius 3 is 2.65 bits per heavy atom. The van der Waals surface area contributed by atoms with Gasteiger partial charge in [-0.2, -0.15) is 0 Å². The van der Waals surface area contributed by atoms with Crippen LogP contribution in [0.15, 0.2) is 18.2 Å². The van der Waals surface area contributed by atoms with Gasteiger partial charge in [-0.25, -0.2) is 0 Å². The largest absolute Gasteiger partial charge is 0.490 e. The molecule has 112 valence electrons. The second-order valence-corrected chi connectivity index (χ2v) is 5.78. The van der Waals surface area contributed by atoms with Gasteiger partial charge in [-0.05, 0) is 43.9 Å². The highest BCUT2D eigenvalue weighted by molar-refractivity contribution is 5.39. The number of ether oxygens (including phenoxy) is 1. The van der Waals surface area contributed by atoms with E-state index in [2.05, 4.69) is 4.90 Å². The summed E-state index contributed by atoms with van der Waals surface area (Å²) < 4.78 is 5.77. The predicted octanol–water partition coefficient (Wildman–Crippen LogP) is 1.36. The lowest BCUT2D eigenvalue weighted by Crippen LogP contribution is -2.34. The summed E-state index contributed by atoms with van der Waals surface area (Å²) in [7, 11) is 0. The SMILES string of the molecule is Cc1cccc(C)c1OCC(O)CN1CCC(CO)C1. The molecule has 1 saturated heterocycles. The van der Waals surface area contributed by atoms with Gasteiger partial charge in [-0.15, -0.1) is 0 Å². The number of hydrogen-bond acceptors (Lipinski definition) is 4. The zero-order valence-electron chi connectivity index (χ0n) is 12.4. The Morgan fingerprint density at radius 2 is 2.05 bits per heavy atom. The van der Waals surface area contributed by atoms with Gasteiger partial charge in [-0.3, -0.25) is 0 Å². The highest BCUT2D eigenvalue weighted by Crippen LogP contribution is 2.22. The standard InChI is InChI=1S/C16H25NO3/c1-12-4-3-5-13(2)16(12)20-11-15(19)9-17-7-6-14(8-17)10-18/h3-5,14-15,18-19H,6-11H2,1-2H3. The molecule has 0 spiro atoms. The molecule has 1 aromatic carbocycles. The summed E-state index contributed by atoms with van der Waals surface area (Å²) in [6.07, 6.45) is 0.521. The molecule has 1 heterocycles. The molecule has 2 atom stereocenters.